The maximum absolute atomic E-state index is 12.5. The summed E-state index contributed by atoms with van der Waals surface area (Å²) in [6.45, 7) is 0.711. The molecule has 0 aliphatic carbocycles. The predicted molar refractivity (Wildman–Crippen MR) is 111 cm³/mol. The highest BCUT2D eigenvalue weighted by Gasteiger charge is 2.14. The zero-order valence-corrected chi connectivity index (χ0v) is 17.6. The Kier molecular flexibility index (Phi) is 8.29. The van der Waals surface area contributed by atoms with E-state index in [1.807, 2.05) is 13.8 Å². The fraction of sp³-hybridized carbons (Fsp3) is 0.286. The van der Waals surface area contributed by atoms with Crippen LogP contribution >= 0.6 is 11.6 Å². The maximum atomic E-state index is 12.5. The number of alkyl halides is 2. The molecule has 162 valence electrons. The van der Waals surface area contributed by atoms with E-state index in [2.05, 4.69) is 10.1 Å². The van der Waals surface area contributed by atoms with E-state index in [9.17, 15) is 13.6 Å². The molecule has 0 aliphatic rings. The number of amides is 1. The summed E-state index contributed by atoms with van der Waals surface area (Å²) in [5.74, 6) is 0.294. The van der Waals surface area contributed by atoms with E-state index in [1.54, 1.807) is 12.1 Å². The maximum Gasteiger partial charge on any atom is 0.387 e. The number of methoxy groups -OCH3 is 2. The van der Waals surface area contributed by atoms with Crippen molar-refractivity contribution in [3.8, 4) is 23.0 Å². The Morgan fingerprint density at radius 3 is 2.33 bits per heavy atom. The number of anilines is 1. The molecule has 0 saturated heterocycles. The summed E-state index contributed by atoms with van der Waals surface area (Å²) in [5.41, 5.74) is 0.872. The molecule has 0 unspecified atom stereocenters. The van der Waals surface area contributed by atoms with Gasteiger partial charge in [-0.3, -0.25) is 4.79 Å². The molecular formula is C21H22ClF2NO5. The molecule has 0 aromatic heterocycles. The van der Waals surface area contributed by atoms with Gasteiger partial charge >= 0.3 is 6.61 Å². The Morgan fingerprint density at radius 1 is 1.03 bits per heavy atom. The molecule has 0 heterocycles. The molecule has 0 radical (unpaired) electrons. The van der Waals surface area contributed by atoms with Crippen molar-refractivity contribution in [2.75, 3.05) is 19.5 Å². The zero-order valence-electron chi connectivity index (χ0n) is 16.9. The Labute approximate surface area is 178 Å². The van der Waals surface area contributed by atoms with E-state index in [0.717, 1.165) is 0 Å². The average molecular weight is 442 g/mol. The molecule has 0 atom stereocenters. The Morgan fingerprint density at radius 2 is 1.73 bits per heavy atom. The van der Waals surface area contributed by atoms with Gasteiger partial charge in [-0.15, -0.1) is 0 Å². The van der Waals surface area contributed by atoms with Crippen molar-refractivity contribution in [2.45, 2.75) is 26.6 Å². The van der Waals surface area contributed by atoms with Gasteiger partial charge in [-0.05, 0) is 49.8 Å². The zero-order chi connectivity index (χ0) is 22.3. The number of carbonyl (C=O) groups is 1. The van der Waals surface area contributed by atoms with Gasteiger partial charge in [0.15, 0.2) is 23.0 Å². The summed E-state index contributed by atoms with van der Waals surface area (Å²) in [4.78, 5) is 12.2. The molecule has 2 rings (SSSR count). The fourth-order valence-corrected chi connectivity index (χ4v) is 2.75. The molecule has 2 aromatic rings. The lowest BCUT2D eigenvalue weighted by atomic mass is 10.1. The standard InChI is InChI=1S/C21H22ClF2NO5/c1-12(2)29-20-15(22)9-13(10-18(20)28-4)5-8-19(26)25-14-6-7-16(27-3)17(11-14)30-21(23)24/h5-12,21H,1-4H3,(H,25,26)/b8-5+. The second-order valence-electron chi connectivity index (χ2n) is 6.27. The van der Waals surface area contributed by atoms with Gasteiger partial charge in [-0.1, -0.05) is 11.6 Å². The summed E-state index contributed by atoms with van der Waals surface area (Å²) >= 11 is 6.26. The van der Waals surface area contributed by atoms with Crippen molar-refractivity contribution in [3.63, 3.8) is 0 Å². The van der Waals surface area contributed by atoms with Crippen molar-refractivity contribution < 1.29 is 32.5 Å². The van der Waals surface area contributed by atoms with Crippen LogP contribution in [0.1, 0.15) is 19.4 Å². The number of ether oxygens (including phenoxy) is 4. The molecule has 1 amide bonds. The van der Waals surface area contributed by atoms with Crippen molar-refractivity contribution in [2.24, 2.45) is 0 Å². The quantitative estimate of drug-likeness (QED) is 0.528. The molecule has 2 aromatic carbocycles. The molecule has 30 heavy (non-hydrogen) atoms. The topological polar surface area (TPSA) is 66.0 Å². The van der Waals surface area contributed by atoms with Crippen LogP contribution < -0.4 is 24.3 Å². The minimum absolute atomic E-state index is 0.0907. The summed E-state index contributed by atoms with van der Waals surface area (Å²) in [6.07, 6.45) is 2.71. The van der Waals surface area contributed by atoms with Crippen molar-refractivity contribution in [3.05, 3.63) is 47.0 Å². The summed E-state index contributed by atoms with van der Waals surface area (Å²) in [7, 11) is 2.81. The Balaban J connectivity index is 2.15. The average Bonchev–Trinajstić information content (AvgIpc) is 2.67. The van der Waals surface area contributed by atoms with Gasteiger partial charge in [-0.25, -0.2) is 0 Å². The van der Waals surface area contributed by atoms with E-state index >= 15 is 0 Å². The Bertz CT molecular complexity index is 919. The number of hydrogen-bond donors (Lipinski definition) is 1. The van der Waals surface area contributed by atoms with Crippen LogP contribution in [-0.2, 0) is 4.79 Å². The smallest absolute Gasteiger partial charge is 0.387 e. The normalized spacial score (nSPS) is 11.1. The van der Waals surface area contributed by atoms with Crippen LogP contribution in [0.3, 0.4) is 0 Å². The van der Waals surface area contributed by atoms with Crippen LogP contribution in [0.25, 0.3) is 6.08 Å². The van der Waals surface area contributed by atoms with Gasteiger partial charge < -0.3 is 24.3 Å². The predicted octanol–water partition coefficient (Wildman–Crippen LogP) is 5.40. The number of benzene rings is 2. The van der Waals surface area contributed by atoms with Gasteiger partial charge in [0.2, 0.25) is 5.91 Å². The first kappa shape index (κ1) is 23.3. The largest absolute Gasteiger partial charge is 0.493 e. The minimum atomic E-state index is -3.02. The third-order valence-corrected chi connectivity index (χ3v) is 3.96. The van der Waals surface area contributed by atoms with Gasteiger partial charge in [0.25, 0.3) is 0 Å². The molecule has 0 aliphatic heterocycles. The molecule has 0 saturated carbocycles. The molecule has 9 heteroatoms. The van der Waals surface area contributed by atoms with Crippen molar-refractivity contribution in [1.82, 2.24) is 0 Å². The summed E-state index contributed by atoms with van der Waals surface area (Å²) in [6, 6.07) is 7.47. The minimum Gasteiger partial charge on any atom is -0.493 e. The number of carbonyl (C=O) groups excluding carboxylic acids is 1. The monoisotopic (exact) mass is 441 g/mol. The van der Waals surface area contributed by atoms with E-state index < -0.39 is 12.5 Å². The van der Waals surface area contributed by atoms with E-state index in [-0.39, 0.29) is 23.3 Å². The molecule has 6 nitrogen and oxygen atoms in total. The lowest BCUT2D eigenvalue weighted by molar-refractivity contribution is -0.111. The third-order valence-electron chi connectivity index (χ3n) is 3.68. The third kappa shape index (κ3) is 6.52. The Hall–Kier alpha value is -3.00. The summed E-state index contributed by atoms with van der Waals surface area (Å²) in [5, 5.41) is 2.90. The van der Waals surface area contributed by atoms with Crippen molar-refractivity contribution in [1.29, 1.82) is 0 Å². The SMILES string of the molecule is COc1ccc(NC(=O)/C=C/c2cc(Cl)c(OC(C)C)c(OC)c2)cc1OC(F)F. The molecule has 1 N–H and O–H groups in total. The second kappa shape index (κ2) is 10.7. The van der Waals surface area contributed by atoms with Crippen LogP contribution in [0, 0.1) is 0 Å². The van der Waals surface area contributed by atoms with Crippen LogP contribution in [0.15, 0.2) is 36.4 Å². The number of rotatable bonds is 9. The number of halogens is 3. The number of hydrogen-bond acceptors (Lipinski definition) is 5. The molecule has 0 spiro atoms. The van der Waals surface area contributed by atoms with Gasteiger partial charge in [0, 0.05) is 17.8 Å². The summed E-state index contributed by atoms with van der Waals surface area (Å²) < 4.78 is 45.4. The van der Waals surface area contributed by atoms with E-state index in [0.29, 0.717) is 22.1 Å². The highest BCUT2D eigenvalue weighted by molar-refractivity contribution is 6.32. The van der Waals surface area contributed by atoms with Gasteiger partial charge in [0.05, 0.1) is 25.3 Å². The first-order valence-corrected chi connectivity index (χ1v) is 9.27. The highest BCUT2D eigenvalue weighted by Crippen LogP contribution is 2.37. The first-order chi connectivity index (χ1) is 14.2. The van der Waals surface area contributed by atoms with E-state index in [1.165, 1.54) is 44.6 Å². The molecule has 0 bridgehead atoms. The lowest BCUT2D eigenvalue weighted by Gasteiger charge is -2.15. The fourth-order valence-electron chi connectivity index (χ4n) is 2.48. The van der Waals surface area contributed by atoms with Crippen molar-refractivity contribution >= 4 is 29.3 Å². The van der Waals surface area contributed by atoms with Gasteiger partial charge in [0.1, 0.15) is 0 Å². The van der Waals surface area contributed by atoms with Crippen LogP contribution in [0.4, 0.5) is 14.5 Å². The number of nitrogens with one attached hydrogen (secondary N) is 1. The lowest BCUT2D eigenvalue weighted by Crippen LogP contribution is -2.09. The highest BCUT2D eigenvalue weighted by atomic mass is 35.5. The van der Waals surface area contributed by atoms with Crippen LogP contribution in [0.2, 0.25) is 5.02 Å². The van der Waals surface area contributed by atoms with Gasteiger partial charge in [-0.2, -0.15) is 8.78 Å². The second-order valence-corrected chi connectivity index (χ2v) is 6.67. The van der Waals surface area contributed by atoms with E-state index in [4.69, 9.17) is 25.8 Å². The molecule has 0 fully saturated rings. The first-order valence-electron chi connectivity index (χ1n) is 8.89. The molecular weight excluding hydrogens is 420 g/mol. The van der Waals surface area contributed by atoms with Crippen LogP contribution in [0.5, 0.6) is 23.0 Å². The van der Waals surface area contributed by atoms with Crippen LogP contribution in [-0.4, -0.2) is 32.8 Å².